The number of hydrogen-bond acceptors (Lipinski definition) is 6. The van der Waals surface area contributed by atoms with Crippen LogP contribution in [0.5, 0.6) is 5.75 Å². The highest BCUT2D eigenvalue weighted by Gasteiger charge is 2.74. The molecule has 4 heterocycles. The molecular weight excluding hydrogens is 558 g/mol. The van der Waals surface area contributed by atoms with Gasteiger partial charge in [-0.25, -0.2) is 0 Å². The van der Waals surface area contributed by atoms with Gasteiger partial charge in [-0.1, -0.05) is 67.5 Å². The highest BCUT2D eigenvalue weighted by atomic mass is 16.5. The molecule has 0 bridgehead atoms. The molecule has 9 nitrogen and oxygen atoms in total. The van der Waals surface area contributed by atoms with Gasteiger partial charge in [0.2, 0.25) is 11.8 Å². The number of benzene rings is 2. The van der Waals surface area contributed by atoms with Crippen LogP contribution in [0.15, 0.2) is 78.9 Å². The van der Waals surface area contributed by atoms with Crippen molar-refractivity contribution < 1.29 is 29.0 Å². The predicted octanol–water partition coefficient (Wildman–Crippen LogP) is 3.72. The summed E-state index contributed by atoms with van der Waals surface area (Å²) in [7, 11) is 1.59. The van der Waals surface area contributed by atoms with Gasteiger partial charge in [-0.3, -0.25) is 14.4 Å². The number of rotatable bonds is 10. The van der Waals surface area contributed by atoms with Crippen molar-refractivity contribution in [2.75, 3.05) is 38.3 Å². The number of amides is 3. The number of hydrogen-bond donors (Lipinski definition) is 1. The summed E-state index contributed by atoms with van der Waals surface area (Å²) >= 11 is 0. The lowest BCUT2D eigenvalue weighted by atomic mass is 9.74. The Morgan fingerprint density at radius 2 is 1.59 bits per heavy atom. The summed E-state index contributed by atoms with van der Waals surface area (Å²) in [6, 6.07) is 16.2. The second-order valence-corrected chi connectivity index (χ2v) is 12.3. The van der Waals surface area contributed by atoms with Crippen LogP contribution in [0.25, 0.3) is 0 Å². The molecule has 0 aliphatic carbocycles. The maximum Gasteiger partial charge on any atom is 0.253 e. The number of aliphatic hydroxyl groups excluding tert-OH is 1. The number of anilines is 1. The molecule has 0 aromatic heterocycles. The highest BCUT2D eigenvalue weighted by Crippen LogP contribution is 2.57. The van der Waals surface area contributed by atoms with Crippen molar-refractivity contribution >= 4 is 23.4 Å². The number of aliphatic hydroxyl groups is 1. The van der Waals surface area contributed by atoms with E-state index in [1.54, 1.807) is 21.8 Å². The quantitative estimate of drug-likeness (QED) is 0.330. The van der Waals surface area contributed by atoms with Crippen molar-refractivity contribution in [2.24, 2.45) is 11.8 Å². The monoisotopic (exact) mass is 599 g/mol. The van der Waals surface area contributed by atoms with E-state index in [1.165, 1.54) is 0 Å². The van der Waals surface area contributed by atoms with Crippen LogP contribution in [0.2, 0.25) is 0 Å². The van der Waals surface area contributed by atoms with Crippen molar-refractivity contribution in [3.8, 4) is 5.75 Å². The Morgan fingerprint density at radius 1 is 0.864 bits per heavy atom. The summed E-state index contributed by atoms with van der Waals surface area (Å²) in [5.41, 5.74) is -0.657. The van der Waals surface area contributed by atoms with Crippen molar-refractivity contribution in [1.82, 2.24) is 9.80 Å². The van der Waals surface area contributed by atoms with Crippen LogP contribution in [0.1, 0.15) is 38.2 Å². The molecule has 4 aliphatic heterocycles. The minimum atomic E-state index is -1.30. The molecule has 1 unspecified atom stereocenters. The van der Waals surface area contributed by atoms with Crippen LogP contribution in [-0.2, 0) is 25.7 Å². The molecule has 2 aromatic carbocycles. The number of fused-ring (bicyclic) bond motifs is 2. The molecule has 1 N–H and O–H groups in total. The zero-order chi connectivity index (χ0) is 30.9. The maximum atomic E-state index is 14.6. The summed E-state index contributed by atoms with van der Waals surface area (Å²) in [6.07, 6.45) is 10.7. The Kier molecular flexibility index (Phi) is 8.35. The number of carbonyl (C=O) groups excluding carboxylic acids is 3. The van der Waals surface area contributed by atoms with E-state index < -0.39 is 29.1 Å². The summed E-state index contributed by atoms with van der Waals surface area (Å²) < 4.78 is 12.3. The summed E-state index contributed by atoms with van der Waals surface area (Å²) in [6.45, 7) is 3.51. The van der Waals surface area contributed by atoms with Crippen molar-refractivity contribution in [2.45, 2.75) is 56.4 Å². The van der Waals surface area contributed by atoms with Gasteiger partial charge in [0.1, 0.15) is 17.4 Å². The van der Waals surface area contributed by atoms with Crippen LogP contribution in [0.4, 0.5) is 5.69 Å². The van der Waals surface area contributed by atoms with E-state index in [4.69, 9.17) is 9.47 Å². The largest absolute Gasteiger partial charge is 0.497 e. The second kappa shape index (κ2) is 12.2. The van der Waals surface area contributed by atoms with Crippen molar-refractivity contribution in [3.05, 3.63) is 84.5 Å². The van der Waals surface area contributed by atoms with Crippen LogP contribution < -0.4 is 9.64 Å². The molecular formula is C35H41N3O6. The first-order valence-corrected chi connectivity index (χ1v) is 15.6. The second-order valence-electron chi connectivity index (χ2n) is 12.3. The molecule has 9 heteroatoms. The third-order valence-corrected chi connectivity index (χ3v) is 9.55. The molecule has 232 valence electrons. The average molecular weight is 600 g/mol. The summed E-state index contributed by atoms with van der Waals surface area (Å²) in [5, 5.41) is 9.23. The molecule has 2 fully saturated rings. The van der Waals surface area contributed by atoms with E-state index in [2.05, 4.69) is 0 Å². The lowest BCUT2D eigenvalue weighted by Gasteiger charge is -2.37. The zero-order valence-electron chi connectivity index (χ0n) is 25.4. The fourth-order valence-electron chi connectivity index (χ4n) is 7.50. The molecule has 5 atom stereocenters. The van der Waals surface area contributed by atoms with Gasteiger partial charge in [0.15, 0.2) is 0 Å². The van der Waals surface area contributed by atoms with E-state index in [-0.39, 0.29) is 24.3 Å². The fraction of sp³-hybridized carbons (Fsp3) is 0.457. The fourth-order valence-corrected chi connectivity index (χ4v) is 7.50. The Balaban J connectivity index is 1.38. The minimum absolute atomic E-state index is 0.125. The van der Waals surface area contributed by atoms with Crippen LogP contribution in [0, 0.1) is 11.8 Å². The third-order valence-electron chi connectivity index (χ3n) is 9.55. The van der Waals surface area contributed by atoms with E-state index in [0.29, 0.717) is 50.5 Å². The van der Waals surface area contributed by atoms with Gasteiger partial charge < -0.3 is 29.3 Å². The van der Waals surface area contributed by atoms with Gasteiger partial charge >= 0.3 is 0 Å². The Morgan fingerprint density at radius 3 is 2.32 bits per heavy atom. The molecule has 6 rings (SSSR count). The number of ether oxygens (including phenoxy) is 2. The van der Waals surface area contributed by atoms with E-state index in [1.807, 2.05) is 85.8 Å². The first-order valence-electron chi connectivity index (χ1n) is 15.6. The smallest absolute Gasteiger partial charge is 0.253 e. The Bertz CT molecular complexity index is 1440. The summed E-state index contributed by atoms with van der Waals surface area (Å²) in [5.74, 6) is -1.55. The highest BCUT2D eigenvalue weighted by molar-refractivity contribution is 6.06. The number of nitrogens with zero attached hydrogens (tertiary/aromatic N) is 3. The Hall–Kier alpha value is -3.95. The normalized spacial score (nSPS) is 29.4. The number of unbranched alkanes of at least 4 members (excludes halogenated alkanes) is 3. The molecule has 44 heavy (non-hydrogen) atoms. The first kappa shape index (κ1) is 30.1. The van der Waals surface area contributed by atoms with Gasteiger partial charge in [0.05, 0.1) is 24.5 Å². The van der Waals surface area contributed by atoms with Gasteiger partial charge in [0, 0.05) is 38.5 Å². The van der Waals surface area contributed by atoms with E-state index in [9.17, 15) is 19.5 Å². The predicted molar refractivity (Wildman–Crippen MR) is 166 cm³/mol. The molecule has 3 amide bonds. The lowest BCUT2D eigenvalue weighted by molar-refractivity contribution is -0.148. The van der Waals surface area contributed by atoms with Gasteiger partial charge in [-0.15, -0.1) is 0 Å². The summed E-state index contributed by atoms with van der Waals surface area (Å²) in [4.78, 5) is 48.7. The van der Waals surface area contributed by atoms with Crippen molar-refractivity contribution in [3.63, 3.8) is 0 Å². The van der Waals surface area contributed by atoms with Gasteiger partial charge in [-0.2, -0.15) is 0 Å². The van der Waals surface area contributed by atoms with Gasteiger partial charge in [-0.05, 0) is 49.6 Å². The van der Waals surface area contributed by atoms with Gasteiger partial charge in [0.25, 0.3) is 5.91 Å². The van der Waals surface area contributed by atoms with Crippen molar-refractivity contribution in [1.29, 1.82) is 0 Å². The van der Waals surface area contributed by atoms with Crippen LogP contribution in [-0.4, -0.2) is 83.2 Å². The third kappa shape index (κ3) is 5.12. The SMILES string of the molecule is COc1ccc(N2CC=C[C@]34O[C@@]5(C)C=CCN(Cc6ccccc6)C(=O)[C@H]5[C@H]3C(=O)N(CCCCCCO)C4C2=O)cc1. The molecule has 0 saturated carbocycles. The zero-order valence-corrected chi connectivity index (χ0v) is 25.4. The lowest BCUT2D eigenvalue weighted by Crippen LogP contribution is -2.56. The topological polar surface area (TPSA) is 99.6 Å². The first-order chi connectivity index (χ1) is 21.3. The molecule has 2 aromatic rings. The molecule has 4 aliphatic rings. The molecule has 2 saturated heterocycles. The Labute approximate surface area is 258 Å². The van der Waals surface area contributed by atoms with Crippen LogP contribution >= 0.6 is 0 Å². The minimum Gasteiger partial charge on any atom is -0.497 e. The number of likely N-dealkylation sites (tertiary alicyclic amines) is 1. The number of carbonyl (C=O) groups is 3. The maximum absolute atomic E-state index is 14.6. The molecule has 0 radical (unpaired) electrons. The molecule has 1 spiro atoms. The van der Waals surface area contributed by atoms with Crippen LogP contribution in [0.3, 0.4) is 0 Å². The number of methoxy groups -OCH3 is 1. The standard InChI is InChI=1S/C35H41N3O6/c1-34-18-10-20-36(24-25-12-6-5-7-13-25)31(40)28(34)29-32(41)38(21-8-3-4-9-23-39)30-33(42)37(22-11-19-35(29,30)44-34)26-14-16-27(43-2)17-15-26/h5-7,10-19,28-30,39H,3-4,8-9,20-24H2,1-2H3/t28-,29+,30?,34+,35+/m1/s1. The van der Waals surface area contributed by atoms with E-state index in [0.717, 1.165) is 18.4 Å². The average Bonchev–Trinajstić information content (AvgIpc) is 3.30. The van der Waals surface area contributed by atoms with E-state index >= 15 is 0 Å².